The van der Waals surface area contributed by atoms with E-state index in [9.17, 15) is 0 Å². The molecule has 14 aromatic rings. The molecule has 0 aliphatic heterocycles. The van der Waals surface area contributed by atoms with Gasteiger partial charge in [-0.15, -0.1) is 0 Å². The summed E-state index contributed by atoms with van der Waals surface area (Å²) >= 11 is 3.66. The van der Waals surface area contributed by atoms with Gasteiger partial charge in [-0.3, -0.25) is 0 Å². The molecule has 0 saturated heterocycles. The molecule has 14 rings (SSSR count). The van der Waals surface area contributed by atoms with E-state index in [4.69, 9.17) is 5.73 Å². The third kappa shape index (κ3) is 8.09. The monoisotopic (exact) mass is 1010 g/mol. The van der Waals surface area contributed by atoms with E-state index in [1.54, 1.807) is 0 Å². The van der Waals surface area contributed by atoms with Crippen molar-refractivity contribution in [2.75, 3.05) is 11.1 Å². The topological polar surface area (TPSA) is 47.9 Å². The molecule has 0 aliphatic carbocycles. The molecular formula is C68H57BrN4. The first-order valence-corrected chi connectivity index (χ1v) is 26.3. The van der Waals surface area contributed by atoms with Crippen molar-refractivity contribution in [1.29, 1.82) is 0 Å². The normalized spacial score (nSPS) is 11.7. The van der Waals surface area contributed by atoms with Gasteiger partial charge in [0.15, 0.2) is 0 Å². The minimum atomic E-state index is 0.854. The molecular weight excluding hydrogens is 953 g/mol. The maximum absolute atomic E-state index is 5.56. The summed E-state index contributed by atoms with van der Waals surface area (Å²) in [5, 5.41) is 24.8. The molecule has 0 spiro atoms. The molecule has 0 unspecified atom stereocenters. The fraction of sp³-hybridized carbons (Fsp3) is 0.118. The van der Waals surface area contributed by atoms with Gasteiger partial charge in [-0.2, -0.15) is 0 Å². The van der Waals surface area contributed by atoms with Crippen molar-refractivity contribution in [2.45, 2.75) is 54.6 Å². The van der Waals surface area contributed by atoms with Gasteiger partial charge in [-0.1, -0.05) is 125 Å². The summed E-state index contributed by atoms with van der Waals surface area (Å²) in [6, 6.07) is 70.9. The van der Waals surface area contributed by atoms with Crippen LogP contribution in [-0.4, -0.2) is 9.13 Å². The van der Waals surface area contributed by atoms with Crippen molar-refractivity contribution in [2.24, 2.45) is 0 Å². The fourth-order valence-corrected chi connectivity index (χ4v) is 12.3. The van der Waals surface area contributed by atoms with E-state index in [2.05, 4.69) is 240 Å². The summed E-state index contributed by atoms with van der Waals surface area (Å²) in [6.07, 6.45) is 0. The second-order valence-corrected chi connectivity index (χ2v) is 20.7. The SMILES string of the molecule is CCn1c2ccc(Br)cc2c2cc3c4ccccc4c4ccccc4c3cc21.CCn1c2ccc(Nc3cc(C)cc(C)c3)cc2c2cc3c4ccccc4c4ccccc4c3cc21.Cc1cc(C)cc(N)c1. The fourth-order valence-electron chi connectivity index (χ4n) is 11.9. The smallest absolute Gasteiger partial charge is 0.0497 e. The van der Waals surface area contributed by atoms with Crippen LogP contribution < -0.4 is 11.1 Å². The number of aryl methyl sites for hydroxylation is 6. The van der Waals surface area contributed by atoms with E-state index in [0.717, 1.165) is 34.6 Å². The van der Waals surface area contributed by atoms with Crippen LogP contribution in [0.15, 0.2) is 199 Å². The first kappa shape index (κ1) is 46.0. The van der Waals surface area contributed by atoms with Gasteiger partial charge in [0, 0.05) is 78.2 Å². The van der Waals surface area contributed by atoms with Crippen molar-refractivity contribution >= 4 is 141 Å². The second kappa shape index (κ2) is 18.5. The molecule has 2 heterocycles. The highest BCUT2D eigenvalue weighted by Crippen LogP contribution is 2.42. The Morgan fingerprint density at radius 1 is 0.329 bits per heavy atom. The van der Waals surface area contributed by atoms with Crippen LogP contribution in [0.1, 0.15) is 36.1 Å². The first-order valence-electron chi connectivity index (χ1n) is 25.5. The van der Waals surface area contributed by atoms with Gasteiger partial charge in [0.05, 0.1) is 0 Å². The number of nitrogens with one attached hydrogen (secondary N) is 1. The summed E-state index contributed by atoms with van der Waals surface area (Å²) in [7, 11) is 0. The van der Waals surface area contributed by atoms with Crippen LogP contribution in [0.2, 0.25) is 0 Å². The molecule has 73 heavy (non-hydrogen) atoms. The van der Waals surface area contributed by atoms with Crippen molar-refractivity contribution in [3.8, 4) is 0 Å². The average Bonchev–Trinajstić information content (AvgIpc) is 3.87. The van der Waals surface area contributed by atoms with Gasteiger partial charge in [0.2, 0.25) is 0 Å². The van der Waals surface area contributed by atoms with Crippen molar-refractivity contribution in [3.05, 3.63) is 221 Å². The Morgan fingerprint density at radius 3 is 1.07 bits per heavy atom. The summed E-state index contributed by atoms with van der Waals surface area (Å²) in [6.45, 7) is 14.7. The van der Waals surface area contributed by atoms with Crippen molar-refractivity contribution < 1.29 is 0 Å². The number of hydrogen-bond donors (Lipinski definition) is 2. The minimum absolute atomic E-state index is 0.854. The molecule has 2 aromatic heterocycles. The highest BCUT2D eigenvalue weighted by atomic mass is 79.9. The summed E-state index contributed by atoms with van der Waals surface area (Å²) in [4.78, 5) is 0. The van der Waals surface area contributed by atoms with Crippen LogP contribution in [-0.2, 0) is 13.1 Å². The summed E-state index contributed by atoms with van der Waals surface area (Å²) in [5.41, 5.74) is 18.8. The number of halogens is 1. The Morgan fingerprint density at radius 2 is 0.671 bits per heavy atom. The number of fused-ring (bicyclic) bond motifs is 18. The lowest BCUT2D eigenvalue weighted by molar-refractivity contribution is 0.827. The maximum atomic E-state index is 5.56. The second-order valence-electron chi connectivity index (χ2n) is 19.8. The zero-order valence-electron chi connectivity index (χ0n) is 42.2. The largest absolute Gasteiger partial charge is 0.399 e. The molecule has 3 N–H and O–H groups in total. The standard InChI is InChI=1S/C34H28N2.C26H18BrN.C8H11N/c1-4-36-33-14-13-23(35-24-16-21(2)15-22(3)17-24)18-31(33)32-19-29-27-11-7-5-9-25(27)26-10-6-8-12-28(26)30(29)20-34(32)36;1-2-28-25-12-11-16(27)13-23(25)24-14-21-19-9-5-3-7-17(19)18-8-4-6-10-20(18)22(21)15-26(24)28;1-6-3-7(2)5-8(9)4-6/h5-20,35H,4H2,1-3H3;3-15H,2H2,1H3;3-5H,9H2,1-2H3. The van der Waals surface area contributed by atoms with E-state index in [1.165, 1.54) is 131 Å². The lowest BCUT2D eigenvalue weighted by atomic mass is 9.93. The van der Waals surface area contributed by atoms with Gasteiger partial charge in [0.25, 0.3) is 0 Å². The van der Waals surface area contributed by atoms with Crippen LogP contribution in [0.25, 0.3) is 108 Å². The number of nitrogen functional groups attached to an aromatic ring is 1. The van der Waals surface area contributed by atoms with Crippen LogP contribution in [0.3, 0.4) is 0 Å². The third-order valence-corrected chi connectivity index (χ3v) is 15.3. The molecule has 0 atom stereocenters. The van der Waals surface area contributed by atoms with Gasteiger partial charge in [-0.05, 0) is 213 Å². The predicted octanol–water partition coefficient (Wildman–Crippen LogP) is 19.6. The minimum Gasteiger partial charge on any atom is -0.399 e. The summed E-state index contributed by atoms with van der Waals surface area (Å²) in [5.74, 6) is 0. The molecule has 4 nitrogen and oxygen atoms in total. The van der Waals surface area contributed by atoms with Gasteiger partial charge in [0.1, 0.15) is 0 Å². The quantitative estimate of drug-likeness (QED) is 0.136. The number of aromatic nitrogens is 2. The first-order chi connectivity index (χ1) is 35.5. The lowest BCUT2D eigenvalue weighted by Gasteiger charge is -2.11. The molecule has 0 saturated carbocycles. The molecule has 5 heteroatoms. The molecule has 12 aromatic carbocycles. The lowest BCUT2D eigenvalue weighted by Crippen LogP contribution is -1.94. The molecule has 0 aliphatic rings. The van der Waals surface area contributed by atoms with E-state index < -0.39 is 0 Å². The zero-order valence-corrected chi connectivity index (χ0v) is 43.8. The van der Waals surface area contributed by atoms with Crippen LogP contribution >= 0.6 is 15.9 Å². The van der Waals surface area contributed by atoms with E-state index in [1.807, 2.05) is 26.0 Å². The number of anilines is 3. The van der Waals surface area contributed by atoms with Gasteiger partial charge < -0.3 is 20.2 Å². The van der Waals surface area contributed by atoms with Crippen molar-refractivity contribution in [3.63, 3.8) is 0 Å². The summed E-state index contributed by atoms with van der Waals surface area (Å²) < 4.78 is 6.01. The van der Waals surface area contributed by atoms with Crippen LogP contribution in [0.4, 0.5) is 17.1 Å². The number of nitrogens with zero attached hydrogens (tertiary/aromatic N) is 2. The number of rotatable bonds is 4. The third-order valence-electron chi connectivity index (χ3n) is 14.8. The number of hydrogen-bond acceptors (Lipinski definition) is 2. The predicted molar refractivity (Wildman–Crippen MR) is 322 cm³/mol. The molecule has 0 amide bonds. The highest BCUT2D eigenvalue weighted by Gasteiger charge is 2.17. The Balaban J connectivity index is 0.000000130. The van der Waals surface area contributed by atoms with Crippen LogP contribution in [0, 0.1) is 27.7 Å². The Labute approximate surface area is 434 Å². The van der Waals surface area contributed by atoms with Gasteiger partial charge in [-0.25, -0.2) is 0 Å². The molecule has 0 bridgehead atoms. The van der Waals surface area contributed by atoms with E-state index in [-0.39, 0.29) is 0 Å². The average molecular weight is 1010 g/mol. The number of benzene rings is 12. The molecule has 0 radical (unpaired) electrons. The van der Waals surface area contributed by atoms with E-state index in [0.29, 0.717) is 0 Å². The van der Waals surface area contributed by atoms with E-state index >= 15 is 0 Å². The molecule has 0 fully saturated rings. The Hall–Kier alpha value is -8.12. The zero-order chi connectivity index (χ0) is 50.1. The molecule has 356 valence electrons. The maximum Gasteiger partial charge on any atom is 0.0497 e. The highest BCUT2D eigenvalue weighted by molar-refractivity contribution is 9.10. The van der Waals surface area contributed by atoms with Gasteiger partial charge >= 0.3 is 0 Å². The Kier molecular flexibility index (Phi) is 11.6. The van der Waals surface area contributed by atoms with Crippen LogP contribution in [0.5, 0.6) is 0 Å². The number of nitrogens with two attached hydrogens (primary N) is 1. The van der Waals surface area contributed by atoms with Crippen molar-refractivity contribution in [1.82, 2.24) is 9.13 Å². The Bertz CT molecular complexity index is 4450.